The molecule has 0 aromatic carbocycles. The zero-order chi connectivity index (χ0) is 14.7. The van der Waals surface area contributed by atoms with Crippen LogP contribution >= 0.6 is 17.2 Å². The Hall–Kier alpha value is 0.860. The van der Waals surface area contributed by atoms with Crippen molar-refractivity contribution in [3.8, 4) is 0 Å². The summed E-state index contributed by atoms with van der Waals surface area (Å²) < 4.78 is 0. The minimum atomic E-state index is 1.23. The molecule has 0 rings (SSSR count). The Kier molecular flexibility index (Phi) is 20.7. The lowest BCUT2D eigenvalue weighted by Gasteiger charge is -2.03. The van der Waals surface area contributed by atoms with E-state index in [1.807, 2.05) is 0 Å². The SMILES string of the molecule is CCPCCCCCCCCCCCCCCPCC. The molecular formula is C18H40P2. The molecule has 0 saturated heterocycles. The molecule has 0 spiro atoms. The van der Waals surface area contributed by atoms with Crippen molar-refractivity contribution in [3.05, 3.63) is 0 Å². The molecule has 0 aromatic rings. The largest absolute Gasteiger partial charge is 0.122 e. The first kappa shape index (κ1) is 20.9. The monoisotopic (exact) mass is 318 g/mol. The first-order valence-corrected chi connectivity index (χ1v) is 12.2. The van der Waals surface area contributed by atoms with Crippen LogP contribution in [0.15, 0.2) is 0 Å². The average Bonchev–Trinajstić information content (AvgIpc) is 2.47. The molecule has 0 N–H and O–H groups in total. The first-order chi connectivity index (χ1) is 9.91. The Morgan fingerprint density at radius 1 is 0.400 bits per heavy atom. The number of hydrogen-bond donors (Lipinski definition) is 0. The predicted octanol–water partition coefficient (Wildman–Crippen LogP) is 7.06. The summed E-state index contributed by atoms with van der Waals surface area (Å²) in [6, 6.07) is 0. The van der Waals surface area contributed by atoms with Gasteiger partial charge in [0.05, 0.1) is 0 Å². The van der Waals surface area contributed by atoms with Gasteiger partial charge >= 0.3 is 0 Å². The van der Waals surface area contributed by atoms with Crippen LogP contribution in [0.2, 0.25) is 0 Å². The highest BCUT2D eigenvalue weighted by Crippen LogP contribution is 2.16. The highest BCUT2D eigenvalue weighted by atomic mass is 31.1. The van der Waals surface area contributed by atoms with Crippen molar-refractivity contribution in [1.82, 2.24) is 0 Å². The molecule has 0 radical (unpaired) electrons. The quantitative estimate of drug-likeness (QED) is 0.199. The fraction of sp³-hybridized carbons (Fsp3) is 1.00. The first-order valence-electron chi connectivity index (χ1n) is 9.33. The summed E-state index contributed by atoms with van der Waals surface area (Å²) in [5.74, 6) is 0. The van der Waals surface area contributed by atoms with Gasteiger partial charge in [-0.2, -0.15) is 0 Å². The second-order valence-corrected chi connectivity index (χ2v) is 9.36. The zero-order valence-corrected chi connectivity index (χ0v) is 16.3. The van der Waals surface area contributed by atoms with E-state index in [-0.39, 0.29) is 0 Å². The van der Waals surface area contributed by atoms with E-state index < -0.39 is 0 Å². The maximum atomic E-state index is 2.31. The summed E-state index contributed by atoms with van der Waals surface area (Å²) in [4.78, 5) is 0. The van der Waals surface area contributed by atoms with Gasteiger partial charge in [-0.15, -0.1) is 17.2 Å². The minimum Gasteiger partial charge on any atom is -0.122 e. The second kappa shape index (κ2) is 19.9. The Labute approximate surface area is 133 Å². The Balaban J connectivity index is 2.89. The smallest absolute Gasteiger partial charge is 0.0354 e. The summed E-state index contributed by atoms with van der Waals surface area (Å²) in [5.41, 5.74) is 0. The molecule has 0 amide bonds. The van der Waals surface area contributed by atoms with Crippen LogP contribution in [-0.2, 0) is 0 Å². The van der Waals surface area contributed by atoms with Crippen LogP contribution in [0.4, 0.5) is 0 Å². The Bertz CT molecular complexity index is 141. The van der Waals surface area contributed by atoms with Crippen molar-refractivity contribution >= 4 is 17.2 Å². The number of hydrogen-bond acceptors (Lipinski definition) is 0. The summed E-state index contributed by atoms with van der Waals surface area (Å²) in [7, 11) is 2.45. The predicted molar refractivity (Wildman–Crippen MR) is 103 cm³/mol. The van der Waals surface area contributed by atoms with Crippen molar-refractivity contribution < 1.29 is 0 Å². The molecule has 0 bridgehead atoms. The molecule has 0 aliphatic heterocycles. The molecule has 2 heteroatoms. The van der Waals surface area contributed by atoms with Crippen molar-refractivity contribution in [2.45, 2.75) is 90.9 Å². The van der Waals surface area contributed by atoms with Crippen LogP contribution < -0.4 is 0 Å². The van der Waals surface area contributed by atoms with Gasteiger partial charge in [-0.05, 0) is 37.5 Å². The average molecular weight is 318 g/mol. The summed E-state index contributed by atoms with van der Waals surface area (Å²) in [6.45, 7) is 4.62. The molecular weight excluding hydrogens is 278 g/mol. The lowest BCUT2D eigenvalue weighted by Crippen LogP contribution is -1.84. The van der Waals surface area contributed by atoms with E-state index >= 15 is 0 Å². The Morgan fingerprint density at radius 2 is 0.650 bits per heavy atom. The summed E-state index contributed by atoms with van der Waals surface area (Å²) in [5, 5.41) is 0. The second-order valence-electron chi connectivity index (χ2n) is 5.95. The molecule has 0 nitrogen and oxygen atoms in total. The lowest BCUT2D eigenvalue weighted by atomic mass is 10.1. The van der Waals surface area contributed by atoms with E-state index in [0.29, 0.717) is 0 Å². The molecule has 0 aliphatic rings. The molecule has 2 atom stereocenters. The van der Waals surface area contributed by atoms with E-state index in [9.17, 15) is 0 Å². The fourth-order valence-corrected chi connectivity index (χ4v) is 4.33. The van der Waals surface area contributed by atoms with Gasteiger partial charge in [-0.25, -0.2) is 0 Å². The number of unbranched alkanes of at least 4 members (excludes halogenated alkanes) is 11. The van der Waals surface area contributed by atoms with Crippen molar-refractivity contribution in [3.63, 3.8) is 0 Å². The van der Waals surface area contributed by atoms with Gasteiger partial charge < -0.3 is 0 Å². The fourth-order valence-electron chi connectivity index (χ4n) is 2.62. The minimum absolute atomic E-state index is 1.23. The van der Waals surface area contributed by atoms with E-state index in [4.69, 9.17) is 0 Å². The molecule has 0 saturated carbocycles. The van der Waals surface area contributed by atoms with Crippen LogP contribution in [0, 0.1) is 0 Å². The number of rotatable bonds is 17. The van der Waals surface area contributed by atoms with Gasteiger partial charge in [-0.3, -0.25) is 0 Å². The van der Waals surface area contributed by atoms with E-state index in [1.54, 1.807) is 0 Å². The maximum Gasteiger partial charge on any atom is -0.0354 e. The van der Waals surface area contributed by atoms with Crippen LogP contribution in [0.25, 0.3) is 0 Å². The topological polar surface area (TPSA) is 0 Å². The summed E-state index contributed by atoms with van der Waals surface area (Å²) in [6.07, 6.45) is 23.7. The summed E-state index contributed by atoms with van der Waals surface area (Å²) >= 11 is 0. The molecule has 2 unspecified atom stereocenters. The van der Waals surface area contributed by atoms with Crippen LogP contribution in [-0.4, -0.2) is 24.6 Å². The standard InChI is InChI=1S/C18H40P2/c1-3-19-17-15-13-11-9-7-5-6-8-10-12-14-16-18-20-4-2/h19-20H,3-18H2,1-2H3. The van der Waals surface area contributed by atoms with E-state index in [2.05, 4.69) is 13.8 Å². The van der Waals surface area contributed by atoms with Gasteiger partial charge in [0.25, 0.3) is 0 Å². The third kappa shape index (κ3) is 18.9. The van der Waals surface area contributed by atoms with Gasteiger partial charge in [0.1, 0.15) is 0 Å². The van der Waals surface area contributed by atoms with Crippen LogP contribution in [0.5, 0.6) is 0 Å². The van der Waals surface area contributed by atoms with Crippen molar-refractivity contribution in [2.24, 2.45) is 0 Å². The molecule has 0 fully saturated rings. The van der Waals surface area contributed by atoms with Gasteiger partial charge in [0.15, 0.2) is 0 Å². The highest BCUT2D eigenvalue weighted by Gasteiger charge is 1.94. The van der Waals surface area contributed by atoms with Crippen LogP contribution in [0.1, 0.15) is 90.9 Å². The third-order valence-corrected chi connectivity index (χ3v) is 6.37. The molecule has 0 aromatic heterocycles. The lowest BCUT2D eigenvalue weighted by molar-refractivity contribution is 0.549. The Morgan fingerprint density at radius 3 is 0.900 bits per heavy atom. The van der Waals surface area contributed by atoms with Crippen molar-refractivity contribution in [2.75, 3.05) is 24.6 Å². The normalized spacial score (nSPS) is 12.3. The molecule has 20 heavy (non-hydrogen) atoms. The van der Waals surface area contributed by atoms with E-state index in [1.165, 1.54) is 119 Å². The highest BCUT2D eigenvalue weighted by molar-refractivity contribution is 7.38. The molecule has 0 heterocycles. The van der Waals surface area contributed by atoms with Gasteiger partial charge in [0.2, 0.25) is 0 Å². The molecule has 122 valence electrons. The third-order valence-electron chi connectivity index (χ3n) is 3.96. The van der Waals surface area contributed by atoms with Crippen LogP contribution in [0.3, 0.4) is 0 Å². The van der Waals surface area contributed by atoms with Crippen molar-refractivity contribution in [1.29, 1.82) is 0 Å². The maximum absolute atomic E-state index is 2.31. The van der Waals surface area contributed by atoms with Gasteiger partial charge in [0, 0.05) is 0 Å². The molecule has 0 aliphatic carbocycles. The van der Waals surface area contributed by atoms with Gasteiger partial charge in [-0.1, -0.05) is 78.1 Å². The van der Waals surface area contributed by atoms with E-state index in [0.717, 1.165) is 0 Å². The zero-order valence-electron chi connectivity index (χ0n) is 14.3.